The van der Waals surface area contributed by atoms with Gasteiger partial charge in [0.1, 0.15) is 5.75 Å². The van der Waals surface area contributed by atoms with Gasteiger partial charge in [-0.05, 0) is 37.6 Å². The maximum atomic E-state index is 9.50. The highest BCUT2D eigenvalue weighted by molar-refractivity contribution is 5.85. The van der Waals surface area contributed by atoms with Crippen LogP contribution >= 0.6 is 0 Å². The number of aromatic nitrogens is 1. The highest BCUT2D eigenvalue weighted by Crippen LogP contribution is 2.26. The molecule has 0 saturated carbocycles. The topological polar surface area (TPSA) is 45.4 Å². The van der Waals surface area contributed by atoms with Crippen molar-refractivity contribution in [3.63, 3.8) is 0 Å². The number of hydrogen-bond donors (Lipinski definition) is 2. The van der Waals surface area contributed by atoms with Gasteiger partial charge in [-0.25, -0.2) is 0 Å². The third-order valence-electron chi connectivity index (χ3n) is 2.80. The second-order valence-corrected chi connectivity index (χ2v) is 4.19. The zero-order valence-electron chi connectivity index (χ0n) is 9.64. The van der Waals surface area contributed by atoms with Crippen LogP contribution in [0.5, 0.6) is 5.75 Å². The summed E-state index contributed by atoms with van der Waals surface area (Å²) in [5, 5.41) is 20.0. The van der Waals surface area contributed by atoms with E-state index < -0.39 is 0 Å². The first-order valence-electron chi connectivity index (χ1n) is 5.60. The Labute approximate surface area is 94.9 Å². The maximum absolute atomic E-state index is 9.50. The number of hydrogen-bond acceptors (Lipinski definition) is 2. The molecule has 0 radical (unpaired) electrons. The molecule has 1 unspecified atom stereocenters. The molecule has 1 aromatic heterocycles. The highest BCUT2D eigenvalue weighted by Gasteiger charge is 2.10. The van der Waals surface area contributed by atoms with Gasteiger partial charge in [0.2, 0.25) is 0 Å². The van der Waals surface area contributed by atoms with Gasteiger partial charge in [-0.3, -0.25) is 0 Å². The lowest BCUT2D eigenvalue weighted by Crippen LogP contribution is -2.03. The summed E-state index contributed by atoms with van der Waals surface area (Å²) in [7, 11) is 0. The molecule has 0 aliphatic rings. The molecule has 0 aliphatic heterocycles. The van der Waals surface area contributed by atoms with Crippen LogP contribution in [0.4, 0.5) is 0 Å². The fourth-order valence-electron chi connectivity index (χ4n) is 2.10. The average molecular weight is 219 g/mol. The second kappa shape index (κ2) is 4.18. The minimum atomic E-state index is -0.363. The third-order valence-corrected chi connectivity index (χ3v) is 2.80. The van der Waals surface area contributed by atoms with E-state index in [9.17, 15) is 10.2 Å². The van der Waals surface area contributed by atoms with Gasteiger partial charge in [-0.15, -0.1) is 0 Å². The molecule has 2 aromatic rings. The van der Waals surface area contributed by atoms with Crippen molar-refractivity contribution in [1.82, 2.24) is 4.57 Å². The molecule has 2 N–H and O–H groups in total. The Morgan fingerprint density at radius 3 is 2.75 bits per heavy atom. The van der Waals surface area contributed by atoms with Gasteiger partial charge in [0.15, 0.2) is 0 Å². The first-order chi connectivity index (χ1) is 7.61. The lowest BCUT2D eigenvalue weighted by atomic mass is 10.1. The molecule has 16 heavy (non-hydrogen) atoms. The summed E-state index contributed by atoms with van der Waals surface area (Å²) in [5.41, 5.74) is 2.19. The van der Waals surface area contributed by atoms with Crippen LogP contribution in [-0.4, -0.2) is 20.9 Å². The third kappa shape index (κ3) is 1.91. The normalized spacial score (nSPS) is 13.2. The summed E-state index contributed by atoms with van der Waals surface area (Å²) in [6, 6.07) is 5.37. The molecule has 1 atom stereocenters. The molecule has 0 bridgehead atoms. The Morgan fingerprint density at radius 2 is 2.12 bits per heavy atom. The van der Waals surface area contributed by atoms with Crippen LogP contribution in [-0.2, 0) is 13.0 Å². The Bertz CT molecular complexity index is 500. The van der Waals surface area contributed by atoms with Gasteiger partial charge in [0, 0.05) is 30.1 Å². The molecule has 3 heteroatoms. The summed E-state index contributed by atoms with van der Waals surface area (Å²) in [4.78, 5) is 0. The zero-order valence-corrected chi connectivity index (χ0v) is 9.64. The number of phenolic OH excluding ortho intramolecular Hbond substituents is 1. The number of aliphatic hydroxyl groups is 1. The van der Waals surface area contributed by atoms with Gasteiger partial charge in [-0.2, -0.15) is 0 Å². The Morgan fingerprint density at radius 1 is 1.38 bits per heavy atom. The minimum Gasteiger partial charge on any atom is -0.508 e. The van der Waals surface area contributed by atoms with E-state index in [-0.39, 0.29) is 11.9 Å². The molecule has 86 valence electrons. The smallest absolute Gasteiger partial charge is 0.116 e. The average Bonchev–Trinajstić information content (AvgIpc) is 2.55. The number of nitrogens with zero attached hydrogens (tertiary/aromatic N) is 1. The van der Waals surface area contributed by atoms with Crippen molar-refractivity contribution in [3.05, 3.63) is 30.0 Å². The zero-order chi connectivity index (χ0) is 11.7. The van der Waals surface area contributed by atoms with Crippen LogP contribution in [0, 0.1) is 0 Å². The molecule has 0 aliphatic carbocycles. The van der Waals surface area contributed by atoms with Gasteiger partial charge in [-0.1, -0.05) is 0 Å². The lowest BCUT2D eigenvalue weighted by Gasteiger charge is -2.02. The lowest BCUT2D eigenvalue weighted by molar-refractivity contribution is 0.196. The first-order valence-corrected chi connectivity index (χ1v) is 5.60. The van der Waals surface area contributed by atoms with Gasteiger partial charge >= 0.3 is 0 Å². The predicted octanol–water partition coefficient (Wildman–Crippen LogP) is 2.29. The number of phenols is 1. The summed E-state index contributed by atoms with van der Waals surface area (Å²) in [5.74, 6) is 0.271. The molecule has 3 nitrogen and oxygen atoms in total. The fraction of sp³-hybridized carbons (Fsp3) is 0.385. The quantitative estimate of drug-likeness (QED) is 0.832. The maximum Gasteiger partial charge on any atom is 0.116 e. The SMILES string of the molecule is CCn1cc(CC(C)O)c2cc(O)ccc21. The van der Waals surface area contributed by atoms with Gasteiger partial charge < -0.3 is 14.8 Å². The van der Waals surface area contributed by atoms with Crippen molar-refractivity contribution in [2.24, 2.45) is 0 Å². The van der Waals surface area contributed by atoms with Gasteiger partial charge in [0.25, 0.3) is 0 Å². The summed E-state index contributed by atoms with van der Waals surface area (Å²) < 4.78 is 2.13. The van der Waals surface area contributed by atoms with Crippen LogP contribution in [0.2, 0.25) is 0 Å². The number of rotatable bonds is 3. The van der Waals surface area contributed by atoms with E-state index in [0.717, 1.165) is 23.0 Å². The molecule has 1 heterocycles. The van der Waals surface area contributed by atoms with Crippen molar-refractivity contribution in [3.8, 4) is 5.75 Å². The van der Waals surface area contributed by atoms with E-state index in [1.807, 2.05) is 6.07 Å². The van der Waals surface area contributed by atoms with Crippen LogP contribution in [0.15, 0.2) is 24.4 Å². The molecule has 0 spiro atoms. The highest BCUT2D eigenvalue weighted by atomic mass is 16.3. The van der Waals surface area contributed by atoms with Crippen molar-refractivity contribution >= 4 is 10.9 Å². The molecular formula is C13H17NO2. The Kier molecular flexibility index (Phi) is 2.88. The largest absolute Gasteiger partial charge is 0.508 e. The van der Waals surface area contributed by atoms with Crippen LogP contribution in [0.1, 0.15) is 19.4 Å². The first kappa shape index (κ1) is 11.0. The van der Waals surface area contributed by atoms with E-state index >= 15 is 0 Å². The van der Waals surface area contributed by atoms with E-state index in [4.69, 9.17) is 0 Å². The number of benzene rings is 1. The molecule has 0 amide bonds. The van der Waals surface area contributed by atoms with Gasteiger partial charge in [0.05, 0.1) is 6.10 Å². The number of aliphatic hydroxyl groups excluding tert-OH is 1. The summed E-state index contributed by atoms with van der Waals surface area (Å²) in [6.45, 7) is 4.75. The van der Waals surface area contributed by atoms with Crippen molar-refractivity contribution < 1.29 is 10.2 Å². The Hall–Kier alpha value is -1.48. The molecule has 0 fully saturated rings. The summed E-state index contributed by atoms with van der Waals surface area (Å²) >= 11 is 0. The van der Waals surface area contributed by atoms with Crippen LogP contribution < -0.4 is 0 Å². The van der Waals surface area contributed by atoms with E-state index in [1.54, 1.807) is 19.1 Å². The fourth-order valence-corrected chi connectivity index (χ4v) is 2.10. The van der Waals surface area contributed by atoms with Crippen molar-refractivity contribution in [2.45, 2.75) is 32.9 Å². The number of aryl methyl sites for hydroxylation is 1. The van der Waals surface area contributed by atoms with E-state index in [0.29, 0.717) is 6.42 Å². The second-order valence-electron chi connectivity index (χ2n) is 4.19. The van der Waals surface area contributed by atoms with E-state index in [1.165, 1.54) is 0 Å². The monoisotopic (exact) mass is 219 g/mol. The van der Waals surface area contributed by atoms with Crippen LogP contribution in [0.25, 0.3) is 10.9 Å². The number of aromatic hydroxyl groups is 1. The standard InChI is InChI=1S/C13H17NO2/c1-3-14-8-10(6-9(2)15)12-7-11(16)4-5-13(12)14/h4-5,7-9,15-16H,3,6H2,1-2H3. The van der Waals surface area contributed by atoms with Crippen LogP contribution in [0.3, 0.4) is 0 Å². The number of fused-ring (bicyclic) bond motifs is 1. The summed E-state index contributed by atoms with van der Waals surface area (Å²) in [6.07, 6.45) is 2.31. The van der Waals surface area contributed by atoms with Crippen molar-refractivity contribution in [2.75, 3.05) is 0 Å². The molecular weight excluding hydrogens is 202 g/mol. The molecule has 2 rings (SSSR count). The van der Waals surface area contributed by atoms with E-state index in [2.05, 4.69) is 17.7 Å². The Balaban J connectivity index is 2.59. The minimum absolute atomic E-state index is 0.271. The molecule has 1 aromatic carbocycles. The molecule has 0 saturated heterocycles. The predicted molar refractivity (Wildman–Crippen MR) is 64.7 cm³/mol. The van der Waals surface area contributed by atoms with Crippen molar-refractivity contribution in [1.29, 1.82) is 0 Å².